The Morgan fingerprint density at radius 3 is 2.44 bits per heavy atom. The Hall–Kier alpha value is -3.62. The van der Waals surface area contributed by atoms with Crippen molar-refractivity contribution in [3.8, 4) is 11.3 Å². The van der Waals surface area contributed by atoms with Crippen LogP contribution in [0.2, 0.25) is 0 Å². The Kier molecular flexibility index (Phi) is 6.38. The van der Waals surface area contributed by atoms with Gasteiger partial charge < -0.3 is 16.0 Å². The van der Waals surface area contributed by atoms with Crippen LogP contribution < -0.4 is 16.8 Å². The van der Waals surface area contributed by atoms with E-state index in [-0.39, 0.29) is 35.2 Å². The van der Waals surface area contributed by atoms with E-state index >= 15 is 0 Å². The standard InChI is InChI=1S/C23H30N6O3/c1-6-23(4,5)16-12-18(32-28-16)26-17(30)11-14-7-9-15(10-8-14)20-19(22(25)31)21(24)29(27-20)13(2)3/h7-10,12-13H,6,11,24H2,1-5H3,(H2,25,31)(H,26,30). The fourth-order valence-electron chi connectivity index (χ4n) is 3.27. The van der Waals surface area contributed by atoms with Gasteiger partial charge in [-0.1, -0.05) is 50.2 Å². The van der Waals surface area contributed by atoms with Crippen molar-refractivity contribution >= 4 is 23.5 Å². The Labute approximate surface area is 187 Å². The third-order valence-electron chi connectivity index (χ3n) is 5.63. The van der Waals surface area contributed by atoms with Gasteiger partial charge >= 0.3 is 0 Å². The van der Waals surface area contributed by atoms with E-state index < -0.39 is 5.91 Å². The molecule has 170 valence electrons. The minimum atomic E-state index is -0.634. The first-order chi connectivity index (χ1) is 15.0. The van der Waals surface area contributed by atoms with E-state index in [0.717, 1.165) is 17.7 Å². The van der Waals surface area contributed by atoms with Crippen LogP contribution in [0.4, 0.5) is 11.7 Å². The van der Waals surface area contributed by atoms with E-state index in [4.69, 9.17) is 16.0 Å². The van der Waals surface area contributed by atoms with Gasteiger partial charge in [-0.15, -0.1) is 0 Å². The molecule has 2 aromatic heterocycles. The Morgan fingerprint density at radius 1 is 1.22 bits per heavy atom. The number of primary amides is 1. The summed E-state index contributed by atoms with van der Waals surface area (Å²) in [7, 11) is 0. The SMILES string of the molecule is CCC(C)(C)c1cc(NC(=O)Cc2ccc(-c3nn(C(C)C)c(N)c3C(N)=O)cc2)on1. The maximum absolute atomic E-state index is 12.4. The van der Waals surface area contributed by atoms with Gasteiger partial charge in [-0.25, -0.2) is 4.68 Å². The smallest absolute Gasteiger partial charge is 0.254 e. The molecule has 0 saturated carbocycles. The van der Waals surface area contributed by atoms with E-state index in [9.17, 15) is 9.59 Å². The predicted octanol–water partition coefficient (Wildman–Crippen LogP) is 3.67. The van der Waals surface area contributed by atoms with Gasteiger partial charge in [0.05, 0.1) is 12.1 Å². The second-order valence-corrected chi connectivity index (χ2v) is 8.75. The van der Waals surface area contributed by atoms with Crippen molar-refractivity contribution in [1.29, 1.82) is 0 Å². The van der Waals surface area contributed by atoms with Crippen LogP contribution in [-0.4, -0.2) is 26.8 Å². The molecule has 0 spiro atoms. The molecular formula is C23H30N6O3. The lowest BCUT2D eigenvalue weighted by molar-refractivity contribution is -0.115. The lowest BCUT2D eigenvalue weighted by Crippen LogP contribution is -2.16. The van der Waals surface area contributed by atoms with E-state index in [1.54, 1.807) is 35.0 Å². The van der Waals surface area contributed by atoms with Crippen molar-refractivity contribution in [1.82, 2.24) is 14.9 Å². The molecule has 0 atom stereocenters. The van der Waals surface area contributed by atoms with Crippen molar-refractivity contribution in [3.63, 3.8) is 0 Å². The molecule has 32 heavy (non-hydrogen) atoms. The van der Waals surface area contributed by atoms with Gasteiger partial charge in [0.25, 0.3) is 5.91 Å². The number of nitrogens with zero attached hydrogens (tertiary/aromatic N) is 3. The first-order valence-electron chi connectivity index (χ1n) is 10.6. The zero-order chi connectivity index (χ0) is 23.6. The van der Waals surface area contributed by atoms with Gasteiger partial charge in [0.2, 0.25) is 11.8 Å². The van der Waals surface area contributed by atoms with Gasteiger partial charge in [0.15, 0.2) is 0 Å². The number of aromatic nitrogens is 3. The molecule has 0 fully saturated rings. The first kappa shape index (κ1) is 23.1. The molecule has 9 heteroatoms. The minimum absolute atomic E-state index is 0.0238. The summed E-state index contributed by atoms with van der Waals surface area (Å²) in [5.41, 5.74) is 14.4. The third-order valence-corrected chi connectivity index (χ3v) is 5.63. The third kappa shape index (κ3) is 4.66. The monoisotopic (exact) mass is 438 g/mol. The normalized spacial score (nSPS) is 11.7. The number of hydrogen-bond acceptors (Lipinski definition) is 6. The highest BCUT2D eigenvalue weighted by Gasteiger charge is 2.24. The zero-order valence-corrected chi connectivity index (χ0v) is 19.1. The molecule has 5 N–H and O–H groups in total. The van der Waals surface area contributed by atoms with Crippen molar-refractivity contribution in [2.75, 3.05) is 11.1 Å². The molecule has 0 unspecified atom stereocenters. The van der Waals surface area contributed by atoms with Gasteiger partial charge in [0.1, 0.15) is 17.1 Å². The molecule has 9 nitrogen and oxygen atoms in total. The van der Waals surface area contributed by atoms with Crippen molar-refractivity contribution in [2.45, 2.75) is 58.9 Å². The number of rotatable bonds is 8. The Morgan fingerprint density at radius 2 is 1.88 bits per heavy atom. The highest BCUT2D eigenvalue weighted by Crippen LogP contribution is 2.30. The Bertz CT molecular complexity index is 1130. The van der Waals surface area contributed by atoms with Gasteiger partial charge in [-0.05, 0) is 25.8 Å². The van der Waals surface area contributed by atoms with Crippen LogP contribution in [-0.2, 0) is 16.6 Å². The number of carbonyl (C=O) groups is 2. The maximum Gasteiger partial charge on any atom is 0.254 e. The highest BCUT2D eigenvalue weighted by molar-refractivity contribution is 6.03. The number of amides is 2. The van der Waals surface area contributed by atoms with E-state index in [2.05, 4.69) is 36.3 Å². The van der Waals surface area contributed by atoms with Gasteiger partial charge in [-0.3, -0.25) is 14.9 Å². The zero-order valence-electron chi connectivity index (χ0n) is 19.1. The summed E-state index contributed by atoms with van der Waals surface area (Å²) in [5, 5.41) is 11.3. The van der Waals surface area contributed by atoms with Crippen LogP contribution in [0.15, 0.2) is 34.9 Å². The summed E-state index contributed by atoms with van der Waals surface area (Å²) in [4.78, 5) is 24.4. The Balaban J connectivity index is 1.74. The molecule has 3 aromatic rings. The molecule has 1 aromatic carbocycles. The van der Waals surface area contributed by atoms with E-state index in [0.29, 0.717) is 17.1 Å². The second-order valence-electron chi connectivity index (χ2n) is 8.75. The summed E-state index contributed by atoms with van der Waals surface area (Å²) >= 11 is 0. The van der Waals surface area contributed by atoms with Crippen LogP contribution in [0.3, 0.4) is 0 Å². The van der Waals surface area contributed by atoms with Crippen molar-refractivity contribution in [3.05, 3.63) is 47.2 Å². The molecule has 0 bridgehead atoms. The molecule has 3 rings (SSSR count). The molecular weight excluding hydrogens is 408 g/mol. The van der Waals surface area contributed by atoms with Crippen LogP contribution in [0.1, 0.15) is 68.7 Å². The quantitative estimate of drug-likeness (QED) is 0.490. The van der Waals surface area contributed by atoms with Crippen LogP contribution >= 0.6 is 0 Å². The molecule has 0 aliphatic rings. The molecule has 2 amide bonds. The van der Waals surface area contributed by atoms with Crippen molar-refractivity contribution < 1.29 is 14.1 Å². The number of nitrogens with two attached hydrogens (primary N) is 2. The molecule has 2 heterocycles. The average Bonchev–Trinajstić information content (AvgIpc) is 3.33. The largest absolute Gasteiger partial charge is 0.383 e. The first-order valence-corrected chi connectivity index (χ1v) is 10.6. The fourth-order valence-corrected chi connectivity index (χ4v) is 3.27. The fraction of sp³-hybridized carbons (Fsp3) is 0.391. The van der Waals surface area contributed by atoms with Crippen molar-refractivity contribution in [2.24, 2.45) is 5.73 Å². The van der Waals surface area contributed by atoms with Gasteiger partial charge in [0, 0.05) is 23.1 Å². The van der Waals surface area contributed by atoms with Crippen LogP contribution in [0, 0.1) is 0 Å². The van der Waals surface area contributed by atoms with E-state index in [1.165, 1.54) is 0 Å². The van der Waals surface area contributed by atoms with Gasteiger partial charge in [-0.2, -0.15) is 5.10 Å². The molecule has 0 aliphatic heterocycles. The molecule has 0 aliphatic carbocycles. The number of hydrogen-bond donors (Lipinski definition) is 3. The summed E-state index contributed by atoms with van der Waals surface area (Å²) in [6.45, 7) is 10.0. The maximum atomic E-state index is 12.4. The average molecular weight is 439 g/mol. The summed E-state index contributed by atoms with van der Waals surface area (Å²) in [6, 6.07) is 8.91. The summed E-state index contributed by atoms with van der Waals surface area (Å²) in [5.74, 6) is -0.293. The van der Waals surface area contributed by atoms with Crippen LogP contribution in [0.5, 0.6) is 0 Å². The van der Waals surface area contributed by atoms with E-state index in [1.807, 2.05) is 13.8 Å². The predicted molar refractivity (Wildman–Crippen MR) is 123 cm³/mol. The topological polar surface area (TPSA) is 142 Å². The molecule has 0 saturated heterocycles. The summed E-state index contributed by atoms with van der Waals surface area (Å²) < 4.78 is 6.83. The number of nitrogens with one attached hydrogen (secondary N) is 1. The number of benzene rings is 1. The summed E-state index contributed by atoms with van der Waals surface area (Å²) in [6.07, 6.45) is 1.05. The highest BCUT2D eigenvalue weighted by atomic mass is 16.5. The van der Waals surface area contributed by atoms with Crippen LogP contribution in [0.25, 0.3) is 11.3 Å². The lowest BCUT2D eigenvalue weighted by Gasteiger charge is -2.18. The molecule has 0 radical (unpaired) electrons. The minimum Gasteiger partial charge on any atom is -0.383 e. The number of carbonyl (C=O) groups excluding carboxylic acids is 2. The second kappa shape index (κ2) is 8.86. The number of nitrogen functional groups attached to an aromatic ring is 1. The lowest BCUT2D eigenvalue weighted by atomic mass is 9.87. The number of anilines is 2.